The van der Waals surface area contributed by atoms with Crippen LogP contribution >= 0.6 is 0 Å². The van der Waals surface area contributed by atoms with E-state index in [1.54, 1.807) is 42.5 Å². The lowest BCUT2D eigenvalue weighted by Crippen LogP contribution is -2.00. The molecule has 0 saturated heterocycles. The van der Waals surface area contributed by atoms with Crippen LogP contribution in [0.1, 0.15) is 10.4 Å². The van der Waals surface area contributed by atoms with Gasteiger partial charge in [0.15, 0.2) is 5.78 Å². The quantitative estimate of drug-likeness (QED) is 0.331. The van der Waals surface area contributed by atoms with Gasteiger partial charge in [-0.05, 0) is 6.08 Å². The number of hydrogen-bond acceptors (Lipinski definition) is 3. The van der Waals surface area contributed by atoms with E-state index in [0.29, 0.717) is 5.56 Å². The summed E-state index contributed by atoms with van der Waals surface area (Å²) in [4.78, 5) is 11.9. The first kappa shape index (κ1) is 11.4. The first-order valence-corrected chi connectivity index (χ1v) is 4.55. The van der Waals surface area contributed by atoms with Crippen molar-refractivity contribution in [3.63, 3.8) is 0 Å². The molecule has 0 aliphatic carbocycles. The molecule has 1 aromatic carbocycles. The Hall–Kier alpha value is -2.65. The van der Waals surface area contributed by atoms with Gasteiger partial charge in [-0.2, -0.15) is 10.5 Å². The zero-order valence-corrected chi connectivity index (χ0v) is 8.42. The SMILES string of the molecule is N#C/C=C\C(=C/C#N)C(=O)c1ccccc1. The number of carbonyl (C=O) groups is 1. The van der Waals surface area contributed by atoms with Gasteiger partial charge < -0.3 is 0 Å². The second-order valence-corrected chi connectivity index (χ2v) is 2.89. The van der Waals surface area contributed by atoms with Gasteiger partial charge in [-0.3, -0.25) is 4.79 Å². The molecule has 0 amide bonds. The monoisotopic (exact) mass is 208 g/mol. The first-order chi connectivity index (χ1) is 7.79. The van der Waals surface area contributed by atoms with Crippen molar-refractivity contribution in [1.82, 2.24) is 0 Å². The van der Waals surface area contributed by atoms with Crippen LogP contribution in [0.5, 0.6) is 0 Å². The van der Waals surface area contributed by atoms with Gasteiger partial charge in [-0.15, -0.1) is 0 Å². The van der Waals surface area contributed by atoms with Crippen molar-refractivity contribution in [2.24, 2.45) is 0 Å². The van der Waals surface area contributed by atoms with Crippen LogP contribution in [0.25, 0.3) is 0 Å². The molecule has 0 atom stereocenters. The summed E-state index contributed by atoms with van der Waals surface area (Å²) in [6.07, 6.45) is 3.63. The van der Waals surface area contributed by atoms with Gasteiger partial charge >= 0.3 is 0 Å². The molecule has 0 aliphatic rings. The Morgan fingerprint density at radius 1 is 1.12 bits per heavy atom. The van der Waals surface area contributed by atoms with E-state index in [4.69, 9.17) is 10.5 Å². The van der Waals surface area contributed by atoms with Crippen LogP contribution in [-0.2, 0) is 0 Å². The largest absolute Gasteiger partial charge is 0.289 e. The van der Waals surface area contributed by atoms with Crippen molar-refractivity contribution in [3.05, 3.63) is 59.7 Å². The number of hydrogen-bond donors (Lipinski definition) is 0. The Morgan fingerprint density at radius 2 is 1.81 bits per heavy atom. The highest BCUT2D eigenvalue weighted by Crippen LogP contribution is 2.09. The Balaban J connectivity index is 3.04. The van der Waals surface area contributed by atoms with E-state index < -0.39 is 0 Å². The molecular formula is C13H8N2O. The van der Waals surface area contributed by atoms with Crippen molar-refractivity contribution in [3.8, 4) is 12.1 Å². The molecule has 76 valence electrons. The zero-order chi connectivity index (χ0) is 11.8. The van der Waals surface area contributed by atoms with Crippen LogP contribution in [0.2, 0.25) is 0 Å². The van der Waals surface area contributed by atoms with Crippen LogP contribution in [0.15, 0.2) is 54.1 Å². The summed E-state index contributed by atoms with van der Waals surface area (Å²) < 4.78 is 0. The van der Waals surface area contributed by atoms with Crippen molar-refractivity contribution >= 4 is 5.78 Å². The lowest BCUT2D eigenvalue weighted by molar-refractivity contribution is 0.103. The fourth-order valence-electron chi connectivity index (χ4n) is 1.14. The molecule has 0 radical (unpaired) electrons. The molecule has 16 heavy (non-hydrogen) atoms. The number of allylic oxidation sites excluding steroid dienone is 4. The van der Waals surface area contributed by atoms with Crippen LogP contribution < -0.4 is 0 Å². The molecule has 0 aromatic heterocycles. The van der Waals surface area contributed by atoms with Gasteiger partial charge in [0.1, 0.15) is 0 Å². The second kappa shape index (κ2) is 5.95. The molecule has 0 bridgehead atoms. The van der Waals surface area contributed by atoms with E-state index in [9.17, 15) is 4.79 Å². The third-order valence-electron chi connectivity index (χ3n) is 1.86. The van der Waals surface area contributed by atoms with Crippen molar-refractivity contribution in [1.29, 1.82) is 10.5 Å². The molecule has 0 unspecified atom stereocenters. The van der Waals surface area contributed by atoms with Crippen LogP contribution in [0.4, 0.5) is 0 Å². The van der Waals surface area contributed by atoms with Gasteiger partial charge in [0.25, 0.3) is 0 Å². The summed E-state index contributed by atoms with van der Waals surface area (Å²) in [6, 6.07) is 12.2. The molecule has 1 aromatic rings. The van der Waals surface area contributed by atoms with Crippen molar-refractivity contribution in [2.75, 3.05) is 0 Å². The second-order valence-electron chi connectivity index (χ2n) is 2.89. The molecule has 3 nitrogen and oxygen atoms in total. The Kier molecular flexibility index (Phi) is 4.25. The van der Waals surface area contributed by atoms with E-state index in [1.165, 1.54) is 12.2 Å². The summed E-state index contributed by atoms with van der Waals surface area (Å²) in [7, 11) is 0. The van der Waals surface area contributed by atoms with E-state index >= 15 is 0 Å². The fourth-order valence-corrected chi connectivity index (χ4v) is 1.14. The number of rotatable bonds is 3. The number of carbonyl (C=O) groups excluding carboxylic acids is 1. The topological polar surface area (TPSA) is 64.7 Å². The summed E-state index contributed by atoms with van der Waals surface area (Å²) in [5.74, 6) is -0.270. The molecular weight excluding hydrogens is 200 g/mol. The van der Waals surface area contributed by atoms with E-state index in [-0.39, 0.29) is 11.4 Å². The molecule has 0 N–H and O–H groups in total. The molecule has 1 rings (SSSR count). The Morgan fingerprint density at radius 3 is 2.38 bits per heavy atom. The minimum absolute atomic E-state index is 0.204. The maximum absolute atomic E-state index is 11.9. The average molecular weight is 208 g/mol. The minimum Gasteiger partial charge on any atom is -0.289 e. The van der Waals surface area contributed by atoms with Gasteiger partial charge in [-0.25, -0.2) is 0 Å². The van der Waals surface area contributed by atoms with Crippen LogP contribution in [-0.4, -0.2) is 5.78 Å². The standard InChI is InChI=1S/C13H8N2O/c14-9-4-7-12(8-10-15)13(16)11-5-2-1-3-6-11/h1-8H/b7-4-,12-8+. The molecule has 0 saturated carbocycles. The lowest BCUT2D eigenvalue weighted by atomic mass is 10.0. The highest BCUT2D eigenvalue weighted by molar-refractivity contribution is 6.10. The number of ketones is 1. The summed E-state index contributed by atoms with van der Waals surface area (Å²) in [6.45, 7) is 0. The predicted octanol–water partition coefficient (Wildman–Crippen LogP) is 2.40. The molecule has 0 spiro atoms. The third kappa shape index (κ3) is 2.94. The molecule has 0 fully saturated rings. The number of benzene rings is 1. The molecule has 3 heteroatoms. The van der Waals surface area contributed by atoms with E-state index in [2.05, 4.69) is 0 Å². The Bertz CT molecular complexity index is 513. The van der Waals surface area contributed by atoms with Gasteiger partial charge in [-0.1, -0.05) is 30.3 Å². The van der Waals surface area contributed by atoms with Gasteiger partial charge in [0.05, 0.1) is 12.1 Å². The van der Waals surface area contributed by atoms with Crippen molar-refractivity contribution in [2.45, 2.75) is 0 Å². The van der Waals surface area contributed by atoms with Crippen LogP contribution in [0.3, 0.4) is 0 Å². The zero-order valence-electron chi connectivity index (χ0n) is 8.42. The first-order valence-electron chi connectivity index (χ1n) is 4.55. The number of Topliss-reactive ketones (excluding diaryl/α,β-unsaturated/α-hetero) is 1. The van der Waals surface area contributed by atoms with E-state index in [0.717, 1.165) is 6.08 Å². The van der Waals surface area contributed by atoms with Gasteiger partial charge in [0.2, 0.25) is 0 Å². The average Bonchev–Trinajstić information content (AvgIpc) is 2.35. The number of nitrogens with zero attached hydrogens (tertiary/aromatic N) is 2. The Labute approximate surface area is 93.6 Å². The lowest BCUT2D eigenvalue weighted by Gasteiger charge is -1.99. The number of nitriles is 2. The maximum atomic E-state index is 11.9. The highest BCUT2D eigenvalue weighted by atomic mass is 16.1. The fraction of sp³-hybridized carbons (Fsp3) is 0. The van der Waals surface area contributed by atoms with E-state index in [1.807, 2.05) is 0 Å². The summed E-state index contributed by atoms with van der Waals surface area (Å²) in [5.41, 5.74) is 0.696. The highest BCUT2D eigenvalue weighted by Gasteiger charge is 2.08. The normalized spacial score (nSPS) is 10.8. The smallest absolute Gasteiger partial charge is 0.193 e. The van der Waals surface area contributed by atoms with Crippen LogP contribution in [0, 0.1) is 22.7 Å². The maximum Gasteiger partial charge on any atom is 0.193 e. The summed E-state index contributed by atoms with van der Waals surface area (Å²) in [5, 5.41) is 16.9. The summed E-state index contributed by atoms with van der Waals surface area (Å²) >= 11 is 0. The molecule has 0 heterocycles. The predicted molar refractivity (Wildman–Crippen MR) is 59.2 cm³/mol. The van der Waals surface area contributed by atoms with Crippen molar-refractivity contribution < 1.29 is 4.79 Å². The molecule has 0 aliphatic heterocycles. The van der Waals surface area contributed by atoms with Gasteiger partial charge in [0, 0.05) is 23.3 Å². The third-order valence-corrected chi connectivity index (χ3v) is 1.86. The minimum atomic E-state index is -0.270.